The second kappa shape index (κ2) is 8.78. The number of nitro groups is 1. The second-order valence-electron chi connectivity index (χ2n) is 6.38. The number of hydrazine groups is 1. The summed E-state index contributed by atoms with van der Waals surface area (Å²) < 4.78 is 0. The Hall–Kier alpha value is -4.34. The number of carbonyl (C=O) groups is 2. The number of aryl methyl sites for hydroxylation is 1. The Labute approximate surface area is 171 Å². The van der Waals surface area contributed by atoms with Crippen LogP contribution in [0.3, 0.4) is 0 Å². The lowest BCUT2D eigenvalue weighted by molar-refractivity contribution is -0.383. The fraction of sp³-hybridized carbons (Fsp3) is 0.100. The third-order valence-corrected chi connectivity index (χ3v) is 4.17. The lowest BCUT2D eigenvalue weighted by Gasteiger charge is -2.11. The minimum Gasteiger partial charge on any atom is -0.334 e. The van der Waals surface area contributed by atoms with Gasteiger partial charge in [0.05, 0.1) is 4.92 Å². The zero-order valence-corrected chi connectivity index (χ0v) is 16.2. The summed E-state index contributed by atoms with van der Waals surface area (Å²) in [6, 6.07) is 13.2. The Morgan fingerprint density at radius 2 is 1.53 bits per heavy atom. The number of anilines is 3. The van der Waals surface area contributed by atoms with E-state index in [2.05, 4.69) is 26.1 Å². The molecule has 10 heteroatoms. The summed E-state index contributed by atoms with van der Waals surface area (Å²) in [6.45, 7) is 3.34. The van der Waals surface area contributed by atoms with Crippen LogP contribution in [-0.4, -0.2) is 26.6 Å². The zero-order valence-electron chi connectivity index (χ0n) is 16.2. The Morgan fingerprint density at radius 3 is 2.13 bits per heavy atom. The van der Waals surface area contributed by atoms with Gasteiger partial charge in [-0.2, -0.15) is 0 Å². The van der Waals surface area contributed by atoms with Crippen LogP contribution in [0.1, 0.15) is 33.2 Å². The largest absolute Gasteiger partial charge is 0.355 e. The highest BCUT2D eigenvalue weighted by Gasteiger charge is 2.23. The maximum atomic E-state index is 12.2. The third kappa shape index (κ3) is 4.73. The number of ketones is 1. The summed E-state index contributed by atoms with van der Waals surface area (Å²) in [7, 11) is 0. The average Bonchev–Trinajstić information content (AvgIpc) is 2.72. The molecule has 0 saturated carbocycles. The molecule has 0 saturated heterocycles. The van der Waals surface area contributed by atoms with Crippen LogP contribution in [0.4, 0.5) is 23.0 Å². The summed E-state index contributed by atoms with van der Waals surface area (Å²) in [5, 5.41) is 14.4. The highest BCUT2D eigenvalue weighted by molar-refractivity contribution is 5.95. The number of hydrogen-bond donors (Lipinski definition) is 3. The van der Waals surface area contributed by atoms with E-state index in [-0.39, 0.29) is 17.4 Å². The van der Waals surface area contributed by atoms with Crippen molar-refractivity contribution < 1.29 is 14.5 Å². The van der Waals surface area contributed by atoms with Crippen molar-refractivity contribution in [1.29, 1.82) is 0 Å². The molecule has 3 aromatic rings. The number of rotatable bonds is 7. The van der Waals surface area contributed by atoms with Crippen molar-refractivity contribution in [2.24, 2.45) is 0 Å². The predicted molar refractivity (Wildman–Crippen MR) is 111 cm³/mol. The molecule has 0 spiro atoms. The molecule has 0 aliphatic rings. The molecule has 0 unspecified atom stereocenters. The summed E-state index contributed by atoms with van der Waals surface area (Å²) in [5.41, 5.74) is 6.82. The van der Waals surface area contributed by atoms with Crippen molar-refractivity contribution in [3.8, 4) is 0 Å². The van der Waals surface area contributed by atoms with Gasteiger partial charge in [-0.1, -0.05) is 17.7 Å². The fourth-order valence-corrected chi connectivity index (χ4v) is 2.55. The van der Waals surface area contributed by atoms with E-state index in [0.717, 1.165) is 11.9 Å². The van der Waals surface area contributed by atoms with Crippen molar-refractivity contribution >= 4 is 34.7 Å². The molecule has 3 rings (SSSR count). The van der Waals surface area contributed by atoms with Gasteiger partial charge in [-0.05, 0) is 50.2 Å². The molecule has 2 aromatic carbocycles. The maximum Gasteiger partial charge on any atom is 0.355 e. The molecule has 0 fully saturated rings. The number of aromatic nitrogens is 2. The SMILES string of the molecule is CC(=O)c1ccc(Nc2ncnc(NNC(=O)c3ccc(C)cc3)c2[N+](=O)[O-])cc1. The normalized spacial score (nSPS) is 10.2. The zero-order chi connectivity index (χ0) is 21.7. The van der Waals surface area contributed by atoms with Crippen molar-refractivity contribution in [1.82, 2.24) is 15.4 Å². The Kier molecular flexibility index (Phi) is 5.97. The van der Waals surface area contributed by atoms with Crippen LogP contribution in [0.5, 0.6) is 0 Å². The fourth-order valence-electron chi connectivity index (χ4n) is 2.55. The second-order valence-corrected chi connectivity index (χ2v) is 6.38. The predicted octanol–water partition coefficient (Wildman–Crippen LogP) is 3.40. The molecule has 0 radical (unpaired) electrons. The number of nitrogens with one attached hydrogen (secondary N) is 3. The Balaban J connectivity index is 1.80. The number of amides is 1. The minimum absolute atomic E-state index is 0.0716. The minimum atomic E-state index is -0.660. The molecule has 1 amide bonds. The first-order valence-electron chi connectivity index (χ1n) is 8.85. The van der Waals surface area contributed by atoms with Gasteiger partial charge in [-0.25, -0.2) is 9.97 Å². The van der Waals surface area contributed by atoms with Gasteiger partial charge < -0.3 is 5.32 Å². The molecule has 1 heterocycles. The van der Waals surface area contributed by atoms with Crippen molar-refractivity contribution in [3.05, 3.63) is 81.7 Å². The maximum absolute atomic E-state index is 12.2. The molecule has 0 atom stereocenters. The summed E-state index contributed by atoms with van der Waals surface area (Å²) >= 11 is 0. The van der Waals surface area contributed by atoms with Crippen LogP contribution in [0.15, 0.2) is 54.9 Å². The molecule has 10 nitrogen and oxygen atoms in total. The van der Waals surface area contributed by atoms with Gasteiger partial charge in [-0.15, -0.1) is 0 Å². The summed E-state index contributed by atoms with van der Waals surface area (Å²) in [4.78, 5) is 42.4. The van der Waals surface area contributed by atoms with E-state index in [1.54, 1.807) is 48.5 Å². The first kappa shape index (κ1) is 20.4. The molecular weight excluding hydrogens is 388 g/mol. The van der Waals surface area contributed by atoms with Gasteiger partial charge in [0.15, 0.2) is 5.78 Å². The molecule has 3 N–H and O–H groups in total. The molecule has 0 aliphatic carbocycles. The van der Waals surface area contributed by atoms with Crippen LogP contribution in [-0.2, 0) is 0 Å². The van der Waals surface area contributed by atoms with E-state index in [9.17, 15) is 19.7 Å². The quantitative estimate of drug-likeness (QED) is 0.308. The smallest absolute Gasteiger partial charge is 0.334 e. The van der Waals surface area contributed by atoms with Crippen LogP contribution < -0.4 is 16.2 Å². The molecule has 30 heavy (non-hydrogen) atoms. The Bertz CT molecular complexity index is 1100. The van der Waals surface area contributed by atoms with E-state index < -0.39 is 16.5 Å². The van der Waals surface area contributed by atoms with E-state index in [0.29, 0.717) is 16.8 Å². The van der Waals surface area contributed by atoms with Gasteiger partial charge in [0.25, 0.3) is 5.91 Å². The number of benzene rings is 2. The topological polar surface area (TPSA) is 139 Å². The number of carbonyl (C=O) groups excluding carboxylic acids is 2. The molecule has 152 valence electrons. The van der Waals surface area contributed by atoms with E-state index >= 15 is 0 Å². The third-order valence-electron chi connectivity index (χ3n) is 4.17. The van der Waals surface area contributed by atoms with Crippen LogP contribution in [0.2, 0.25) is 0 Å². The van der Waals surface area contributed by atoms with E-state index in [1.165, 1.54) is 6.92 Å². The van der Waals surface area contributed by atoms with Gasteiger partial charge >= 0.3 is 5.69 Å². The van der Waals surface area contributed by atoms with E-state index in [1.807, 2.05) is 6.92 Å². The van der Waals surface area contributed by atoms with Crippen LogP contribution >= 0.6 is 0 Å². The lowest BCUT2D eigenvalue weighted by Crippen LogP contribution is -2.30. The monoisotopic (exact) mass is 406 g/mol. The van der Waals surface area contributed by atoms with Gasteiger partial charge in [0.1, 0.15) is 6.33 Å². The molecule has 0 aliphatic heterocycles. The number of hydrogen-bond acceptors (Lipinski definition) is 8. The van der Waals surface area contributed by atoms with Gasteiger partial charge in [0, 0.05) is 16.8 Å². The van der Waals surface area contributed by atoms with Crippen LogP contribution in [0.25, 0.3) is 0 Å². The number of nitrogens with zero attached hydrogens (tertiary/aromatic N) is 3. The summed E-state index contributed by atoms with van der Waals surface area (Å²) in [6.07, 6.45) is 1.12. The standard InChI is InChI=1S/C20H18N6O4/c1-12-3-5-15(6-4-12)20(28)25-24-19-17(26(29)30)18(21-11-22-19)23-16-9-7-14(8-10-16)13(2)27/h3-11H,1-2H3,(H,25,28)(H2,21,22,23,24). The average molecular weight is 406 g/mol. The van der Waals surface area contributed by atoms with Gasteiger partial charge in [-0.3, -0.25) is 30.6 Å². The van der Waals surface area contributed by atoms with Crippen molar-refractivity contribution in [3.63, 3.8) is 0 Å². The van der Waals surface area contributed by atoms with Crippen molar-refractivity contribution in [2.45, 2.75) is 13.8 Å². The molecule has 0 bridgehead atoms. The lowest BCUT2D eigenvalue weighted by atomic mass is 10.1. The van der Waals surface area contributed by atoms with Crippen LogP contribution in [0, 0.1) is 17.0 Å². The summed E-state index contributed by atoms with van der Waals surface area (Å²) in [5.74, 6) is -0.821. The Morgan fingerprint density at radius 1 is 0.933 bits per heavy atom. The van der Waals surface area contributed by atoms with E-state index in [4.69, 9.17) is 0 Å². The van der Waals surface area contributed by atoms with Crippen molar-refractivity contribution in [2.75, 3.05) is 10.7 Å². The molecular formula is C20H18N6O4. The highest BCUT2D eigenvalue weighted by atomic mass is 16.6. The highest BCUT2D eigenvalue weighted by Crippen LogP contribution is 2.30. The first-order valence-corrected chi connectivity index (χ1v) is 8.85. The molecule has 1 aromatic heterocycles. The van der Waals surface area contributed by atoms with Gasteiger partial charge in [0.2, 0.25) is 11.6 Å². The number of Topliss-reactive ketones (excluding diaryl/α,β-unsaturated/α-hetero) is 1. The first-order chi connectivity index (χ1) is 14.3.